The third kappa shape index (κ3) is 5.56. The van der Waals surface area contributed by atoms with Crippen molar-refractivity contribution in [2.45, 2.75) is 25.3 Å². The van der Waals surface area contributed by atoms with Gasteiger partial charge in [-0.05, 0) is 55.7 Å². The Kier molecular flexibility index (Phi) is 7.38. The van der Waals surface area contributed by atoms with Gasteiger partial charge in [0.25, 0.3) is 11.8 Å². The van der Waals surface area contributed by atoms with E-state index in [0.717, 1.165) is 30.0 Å². The van der Waals surface area contributed by atoms with E-state index in [-0.39, 0.29) is 6.54 Å². The molecule has 1 atom stereocenters. The Hall–Kier alpha value is -3.41. The number of nitrogens with zero attached hydrogens (tertiary/aromatic N) is 2. The van der Waals surface area contributed by atoms with E-state index in [1.807, 2.05) is 12.1 Å². The summed E-state index contributed by atoms with van der Waals surface area (Å²) in [5.41, 5.74) is 8.83. The van der Waals surface area contributed by atoms with Crippen molar-refractivity contribution in [3.8, 4) is 11.8 Å². The first kappa shape index (κ1) is 21.3. The average molecular weight is 407 g/mol. The van der Waals surface area contributed by atoms with Crippen molar-refractivity contribution in [1.29, 1.82) is 0 Å². The number of piperidine rings is 1. The minimum atomic E-state index is -1.01. The van der Waals surface area contributed by atoms with Gasteiger partial charge in [0.05, 0.1) is 0 Å². The summed E-state index contributed by atoms with van der Waals surface area (Å²) in [6.45, 7) is 1.97. The molecule has 156 valence electrons. The van der Waals surface area contributed by atoms with Crippen LogP contribution in [0.1, 0.15) is 40.7 Å². The van der Waals surface area contributed by atoms with Crippen molar-refractivity contribution in [2.24, 2.45) is 5.73 Å². The Bertz CT molecular complexity index is 926. The Labute approximate surface area is 175 Å². The maximum Gasteiger partial charge on any atom is 0.267 e. The van der Waals surface area contributed by atoms with Crippen LogP contribution in [-0.2, 0) is 4.79 Å². The van der Waals surface area contributed by atoms with E-state index in [9.17, 15) is 9.59 Å². The van der Waals surface area contributed by atoms with Crippen molar-refractivity contribution in [3.63, 3.8) is 0 Å². The number of rotatable bonds is 5. The van der Waals surface area contributed by atoms with Gasteiger partial charge in [0.1, 0.15) is 11.9 Å². The Morgan fingerprint density at radius 2 is 1.73 bits per heavy atom. The fraction of sp³-hybridized carbons (Fsp3) is 0.318. The Morgan fingerprint density at radius 1 is 1.07 bits per heavy atom. The van der Waals surface area contributed by atoms with E-state index in [2.05, 4.69) is 27.0 Å². The number of carbonyl (C=O) groups excluding carboxylic acids is 2. The Balaban J connectivity index is 1.61. The van der Waals surface area contributed by atoms with Crippen LogP contribution in [0.5, 0.6) is 0 Å². The van der Waals surface area contributed by atoms with Crippen LogP contribution < -0.4 is 21.4 Å². The van der Waals surface area contributed by atoms with Gasteiger partial charge in [-0.2, -0.15) is 0 Å². The van der Waals surface area contributed by atoms with Crippen LogP contribution in [0.25, 0.3) is 0 Å². The van der Waals surface area contributed by atoms with Gasteiger partial charge in [0.15, 0.2) is 0 Å². The van der Waals surface area contributed by atoms with Crippen LogP contribution in [0.2, 0.25) is 0 Å². The molecule has 0 radical (unpaired) electrons. The first-order chi connectivity index (χ1) is 14.6. The molecule has 0 spiro atoms. The van der Waals surface area contributed by atoms with E-state index >= 15 is 0 Å². The number of pyridine rings is 1. The summed E-state index contributed by atoms with van der Waals surface area (Å²) in [5.74, 6) is 5.88. The van der Waals surface area contributed by atoms with E-state index in [4.69, 9.17) is 10.9 Å². The van der Waals surface area contributed by atoms with Crippen LogP contribution in [0.3, 0.4) is 0 Å². The van der Waals surface area contributed by atoms with Crippen molar-refractivity contribution < 1.29 is 14.8 Å². The predicted molar refractivity (Wildman–Crippen MR) is 113 cm³/mol. The summed E-state index contributed by atoms with van der Waals surface area (Å²) in [6.07, 6.45) is 5.47. The zero-order valence-electron chi connectivity index (χ0n) is 16.6. The first-order valence-corrected chi connectivity index (χ1v) is 9.88. The molecule has 8 nitrogen and oxygen atoms in total. The molecule has 0 unspecified atom stereocenters. The van der Waals surface area contributed by atoms with Gasteiger partial charge in [-0.15, -0.1) is 0 Å². The summed E-state index contributed by atoms with van der Waals surface area (Å²) >= 11 is 0. The number of hydrogen-bond donors (Lipinski definition) is 4. The molecule has 2 amide bonds. The summed E-state index contributed by atoms with van der Waals surface area (Å²) in [7, 11) is 0. The van der Waals surface area contributed by atoms with Gasteiger partial charge in [-0.25, -0.2) is 10.5 Å². The number of amides is 2. The molecule has 0 saturated carbocycles. The molecular formula is C22H25N5O3. The molecular weight excluding hydrogens is 382 g/mol. The molecule has 30 heavy (non-hydrogen) atoms. The molecule has 8 heteroatoms. The number of aromatic nitrogens is 1. The lowest BCUT2D eigenvalue weighted by atomic mass is 10.1. The van der Waals surface area contributed by atoms with E-state index in [1.165, 1.54) is 24.7 Å². The monoisotopic (exact) mass is 407 g/mol. The molecule has 0 aliphatic carbocycles. The quantitative estimate of drug-likeness (QED) is 0.334. The lowest BCUT2D eigenvalue weighted by molar-refractivity contribution is -0.130. The van der Waals surface area contributed by atoms with Crippen LogP contribution in [0.15, 0.2) is 42.6 Å². The lowest BCUT2D eigenvalue weighted by Gasteiger charge is -2.27. The topological polar surface area (TPSA) is 121 Å². The van der Waals surface area contributed by atoms with E-state index in [1.54, 1.807) is 30.5 Å². The minimum absolute atomic E-state index is 0.133. The van der Waals surface area contributed by atoms with Crippen molar-refractivity contribution >= 4 is 17.6 Å². The third-order valence-electron chi connectivity index (χ3n) is 4.89. The van der Waals surface area contributed by atoms with Crippen LogP contribution >= 0.6 is 0 Å². The molecule has 2 heterocycles. The van der Waals surface area contributed by atoms with Crippen LogP contribution in [-0.4, -0.2) is 47.7 Å². The maximum atomic E-state index is 12.2. The van der Waals surface area contributed by atoms with Crippen molar-refractivity contribution in [3.05, 3.63) is 59.3 Å². The van der Waals surface area contributed by atoms with Crippen molar-refractivity contribution in [2.75, 3.05) is 24.5 Å². The number of nitrogens with one attached hydrogen (secondary N) is 2. The molecule has 3 rings (SSSR count). The molecule has 1 aromatic heterocycles. The minimum Gasteiger partial charge on any atom is -0.357 e. The number of hydroxylamine groups is 1. The number of benzene rings is 1. The number of anilines is 1. The fourth-order valence-corrected chi connectivity index (χ4v) is 3.17. The normalized spacial score (nSPS) is 14.3. The third-order valence-corrected chi connectivity index (χ3v) is 4.89. The smallest absolute Gasteiger partial charge is 0.267 e. The van der Waals surface area contributed by atoms with Gasteiger partial charge in [-0.3, -0.25) is 14.8 Å². The molecule has 2 aromatic rings. The molecule has 1 aliphatic heterocycles. The van der Waals surface area contributed by atoms with Gasteiger partial charge < -0.3 is 16.0 Å². The highest BCUT2D eigenvalue weighted by atomic mass is 16.5. The molecule has 5 N–H and O–H groups in total. The van der Waals surface area contributed by atoms with Gasteiger partial charge in [0.2, 0.25) is 0 Å². The maximum absolute atomic E-state index is 12.2. The second-order valence-corrected chi connectivity index (χ2v) is 7.02. The summed E-state index contributed by atoms with van der Waals surface area (Å²) in [4.78, 5) is 30.4. The van der Waals surface area contributed by atoms with E-state index < -0.39 is 17.9 Å². The second kappa shape index (κ2) is 10.4. The van der Waals surface area contributed by atoms with Gasteiger partial charge in [-0.1, -0.05) is 11.8 Å². The highest BCUT2D eigenvalue weighted by Gasteiger charge is 2.19. The van der Waals surface area contributed by atoms with E-state index in [0.29, 0.717) is 5.56 Å². The largest absolute Gasteiger partial charge is 0.357 e. The van der Waals surface area contributed by atoms with Crippen molar-refractivity contribution in [1.82, 2.24) is 15.8 Å². The summed E-state index contributed by atoms with van der Waals surface area (Å²) in [6, 6.07) is 9.62. The number of hydrogen-bond acceptors (Lipinski definition) is 6. The standard InChI is InChI=1S/C22H25N5O3/c23-14-19(22(29)26-30)25-21(28)18-9-6-16(7-10-18)4-5-17-8-11-20(24-15-17)27-12-2-1-3-13-27/h6-11,15,19,30H,1-3,12-14,23H2,(H,25,28)(H,26,29)/t19-/m0/s1. The van der Waals surface area contributed by atoms with Crippen LogP contribution in [0.4, 0.5) is 5.82 Å². The van der Waals surface area contributed by atoms with Crippen LogP contribution in [0, 0.1) is 11.8 Å². The Morgan fingerprint density at radius 3 is 2.33 bits per heavy atom. The molecule has 0 bridgehead atoms. The molecule has 1 aromatic carbocycles. The van der Waals surface area contributed by atoms with Gasteiger partial charge in [0, 0.05) is 42.5 Å². The molecule has 1 aliphatic rings. The highest BCUT2D eigenvalue weighted by Crippen LogP contribution is 2.17. The average Bonchev–Trinajstić information content (AvgIpc) is 2.81. The molecule has 1 saturated heterocycles. The second-order valence-electron chi connectivity index (χ2n) is 7.02. The lowest BCUT2D eigenvalue weighted by Crippen LogP contribution is -2.50. The summed E-state index contributed by atoms with van der Waals surface area (Å²) in [5, 5.41) is 11.1. The van der Waals surface area contributed by atoms with Gasteiger partial charge >= 0.3 is 0 Å². The zero-order valence-corrected chi connectivity index (χ0v) is 16.6. The predicted octanol–water partition coefficient (Wildman–Crippen LogP) is 1.03. The highest BCUT2D eigenvalue weighted by molar-refractivity contribution is 5.97. The number of nitrogens with two attached hydrogens (primary N) is 1. The first-order valence-electron chi connectivity index (χ1n) is 9.88. The molecule has 1 fully saturated rings. The zero-order chi connectivity index (χ0) is 21.3. The fourth-order valence-electron chi connectivity index (χ4n) is 3.17. The SMILES string of the molecule is NC[C@H](NC(=O)c1ccc(C#Cc2ccc(N3CCCCC3)nc2)cc1)C(=O)NO. The summed E-state index contributed by atoms with van der Waals surface area (Å²) < 4.78 is 0. The number of carbonyl (C=O) groups is 2.